The number of carboxylic acids is 1. The van der Waals surface area contributed by atoms with Crippen LogP contribution in [-0.4, -0.2) is 42.8 Å². The SMILES string of the molecule is NS(=O)(=O)CCNC(=O)Nc1ccc(CC(=O)O)nc1. The molecule has 0 bridgehead atoms. The van der Waals surface area contributed by atoms with E-state index in [0.717, 1.165) is 0 Å². The fourth-order valence-electron chi connectivity index (χ4n) is 1.24. The Bertz CT molecular complexity index is 584. The molecule has 0 radical (unpaired) electrons. The van der Waals surface area contributed by atoms with Crippen LogP contribution in [0.3, 0.4) is 0 Å². The smallest absolute Gasteiger partial charge is 0.319 e. The van der Waals surface area contributed by atoms with Crippen molar-refractivity contribution in [1.29, 1.82) is 0 Å². The Kier molecular flexibility index (Phi) is 5.41. The second kappa shape index (κ2) is 6.82. The van der Waals surface area contributed by atoms with Gasteiger partial charge in [0, 0.05) is 6.54 Å². The summed E-state index contributed by atoms with van der Waals surface area (Å²) in [6.07, 6.45) is 1.10. The summed E-state index contributed by atoms with van der Waals surface area (Å²) < 4.78 is 21.3. The molecule has 0 fully saturated rings. The van der Waals surface area contributed by atoms with Crippen molar-refractivity contribution in [2.24, 2.45) is 5.14 Å². The van der Waals surface area contributed by atoms with Crippen molar-refractivity contribution in [1.82, 2.24) is 10.3 Å². The third-order valence-corrected chi connectivity index (χ3v) is 2.86. The van der Waals surface area contributed by atoms with Gasteiger partial charge in [-0.15, -0.1) is 0 Å². The lowest BCUT2D eigenvalue weighted by atomic mass is 10.2. The number of amides is 2. The third-order valence-electron chi connectivity index (χ3n) is 2.09. The monoisotopic (exact) mass is 302 g/mol. The van der Waals surface area contributed by atoms with Gasteiger partial charge in [-0.05, 0) is 12.1 Å². The van der Waals surface area contributed by atoms with Gasteiger partial charge in [0.1, 0.15) is 0 Å². The molecule has 1 aromatic rings. The Hall–Kier alpha value is -2.20. The van der Waals surface area contributed by atoms with Crippen molar-refractivity contribution < 1.29 is 23.1 Å². The van der Waals surface area contributed by atoms with E-state index in [1.807, 2.05) is 0 Å². The molecule has 0 unspecified atom stereocenters. The molecule has 0 saturated carbocycles. The van der Waals surface area contributed by atoms with Crippen molar-refractivity contribution in [3.05, 3.63) is 24.0 Å². The van der Waals surface area contributed by atoms with E-state index in [0.29, 0.717) is 11.4 Å². The highest BCUT2D eigenvalue weighted by Gasteiger charge is 2.06. The van der Waals surface area contributed by atoms with Crippen LogP contribution >= 0.6 is 0 Å². The first-order valence-electron chi connectivity index (χ1n) is 5.48. The maximum atomic E-state index is 11.4. The molecule has 2 amide bonds. The standard InChI is InChI=1S/C10H14N4O5S/c11-20(18,19)4-3-12-10(17)14-8-2-1-7(13-6-8)5-9(15)16/h1-2,6H,3-5H2,(H,15,16)(H2,11,18,19)(H2,12,14,17). The van der Waals surface area contributed by atoms with Crippen LogP contribution in [0.1, 0.15) is 5.69 Å². The Balaban J connectivity index is 2.44. The quantitative estimate of drug-likeness (QED) is 0.535. The second-order valence-corrected chi connectivity index (χ2v) is 5.59. The summed E-state index contributed by atoms with van der Waals surface area (Å²) in [6, 6.07) is 2.35. The Morgan fingerprint density at radius 3 is 2.55 bits per heavy atom. The maximum Gasteiger partial charge on any atom is 0.319 e. The fourth-order valence-corrected chi connectivity index (χ4v) is 1.63. The third kappa shape index (κ3) is 6.66. The van der Waals surface area contributed by atoms with Crippen molar-refractivity contribution in [3.63, 3.8) is 0 Å². The summed E-state index contributed by atoms with van der Waals surface area (Å²) in [7, 11) is -3.62. The summed E-state index contributed by atoms with van der Waals surface area (Å²) in [5, 5.41) is 18.1. The van der Waals surface area contributed by atoms with Gasteiger partial charge in [-0.25, -0.2) is 18.4 Å². The zero-order chi connectivity index (χ0) is 15.2. The minimum absolute atomic E-state index is 0.116. The zero-order valence-corrected chi connectivity index (χ0v) is 11.2. The molecule has 0 atom stereocenters. The van der Waals surface area contributed by atoms with Gasteiger partial charge < -0.3 is 15.7 Å². The van der Waals surface area contributed by atoms with E-state index in [9.17, 15) is 18.0 Å². The minimum atomic E-state index is -3.62. The maximum absolute atomic E-state index is 11.4. The summed E-state index contributed by atoms with van der Waals surface area (Å²) in [5.41, 5.74) is 0.713. The number of nitrogens with zero attached hydrogens (tertiary/aromatic N) is 1. The number of urea groups is 1. The molecular weight excluding hydrogens is 288 g/mol. The molecule has 10 heteroatoms. The molecule has 1 rings (SSSR count). The van der Waals surface area contributed by atoms with E-state index in [2.05, 4.69) is 15.6 Å². The molecule has 0 aliphatic heterocycles. The number of aromatic nitrogens is 1. The van der Waals surface area contributed by atoms with Crippen molar-refractivity contribution in [2.75, 3.05) is 17.6 Å². The van der Waals surface area contributed by atoms with Gasteiger partial charge in [0.25, 0.3) is 0 Å². The Morgan fingerprint density at radius 2 is 2.05 bits per heavy atom. The van der Waals surface area contributed by atoms with Gasteiger partial charge in [0.15, 0.2) is 0 Å². The van der Waals surface area contributed by atoms with Crippen LogP contribution in [0.4, 0.5) is 10.5 Å². The lowest BCUT2D eigenvalue weighted by Gasteiger charge is -2.07. The van der Waals surface area contributed by atoms with Crippen molar-refractivity contribution in [2.45, 2.75) is 6.42 Å². The van der Waals surface area contributed by atoms with Crippen LogP contribution in [-0.2, 0) is 21.2 Å². The van der Waals surface area contributed by atoms with Crippen LogP contribution in [0.5, 0.6) is 0 Å². The van der Waals surface area contributed by atoms with E-state index >= 15 is 0 Å². The largest absolute Gasteiger partial charge is 0.481 e. The van der Waals surface area contributed by atoms with Crippen LogP contribution in [0.2, 0.25) is 0 Å². The van der Waals surface area contributed by atoms with Crippen molar-refractivity contribution in [3.8, 4) is 0 Å². The predicted molar refractivity (Wildman–Crippen MR) is 70.6 cm³/mol. The zero-order valence-electron chi connectivity index (χ0n) is 10.4. The number of pyridine rings is 1. The fraction of sp³-hybridized carbons (Fsp3) is 0.300. The topological polar surface area (TPSA) is 151 Å². The molecule has 0 aliphatic carbocycles. The Morgan fingerprint density at radius 1 is 1.35 bits per heavy atom. The molecule has 20 heavy (non-hydrogen) atoms. The molecule has 110 valence electrons. The lowest BCUT2D eigenvalue weighted by Crippen LogP contribution is -2.34. The molecular formula is C10H14N4O5S. The number of rotatable bonds is 6. The summed E-state index contributed by atoms with van der Waals surface area (Å²) in [4.78, 5) is 25.7. The van der Waals surface area contributed by atoms with Crippen LogP contribution in [0.25, 0.3) is 0 Å². The van der Waals surface area contributed by atoms with Crippen LogP contribution in [0, 0.1) is 0 Å². The number of hydrogen-bond donors (Lipinski definition) is 4. The number of aliphatic carboxylic acids is 1. The number of carboxylic acid groups (broad SMARTS) is 1. The average molecular weight is 302 g/mol. The Labute approximate surface area is 115 Å². The molecule has 9 nitrogen and oxygen atoms in total. The molecule has 0 aromatic carbocycles. The normalized spacial score (nSPS) is 10.8. The van der Waals surface area contributed by atoms with Crippen LogP contribution < -0.4 is 15.8 Å². The number of carbonyl (C=O) groups is 2. The highest BCUT2D eigenvalue weighted by Crippen LogP contribution is 2.06. The number of nitrogens with one attached hydrogen (secondary N) is 2. The number of sulfonamides is 1. The molecule has 0 spiro atoms. The lowest BCUT2D eigenvalue weighted by molar-refractivity contribution is -0.136. The minimum Gasteiger partial charge on any atom is -0.481 e. The number of primary sulfonamides is 1. The second-order valence-electron chi connectivity index (χ2n) is 3.86. The first-order chi connectivity index (χ1) is 9.26. The van der Waals surface area contributed by atoms with E-state index in [1.165, 1.54) is 18.3 Å². The first-order valence-corrected chi connectivity index (χ1v) is 7.20. The van der Waals surface area contributed by atoms with Crippen molar-refractivity contribution >= 4 is 27.7 Å². The van der Waals surface area contributed by atoms with Gasteiger partial charge in [-0.3, -0.25) is 9.78 Å². The van der Waals surface area contributed by atoms with E-state index in [4.69, 9.17) is 10.2 Å². The molecule has 0 aliphatic rings. The number of carbonyl (C=O) groups excluding carboxylic acids is 1. The summed E-state index contributed by atoms with van der Waals surface area (Å²) in [6.45, 7) is -0.116. The number of hydrogen-bond acceptors (Lipinski definition) is 5. The van der Waals surface area contributed by atoms with Crippen LogP contribution in [0.15, 0.2) is 18.3 Å². The summed E-state index contributed by atoms with van der Waals surface area (Å²) in [5.74, 6) is -1.37. The first kappa shape index (κ1) is 15.9. The highest BCUT2D eigenvalue weighted by atomic mass is 32.2. The summed E-state index contributed by atoms with van der Waals surface area (Å²) >= 11 is 0. The van der Waals surface area contributed by atoms with E-state index in [-0.39, 0.29) is 18.7 Å². The van der Waals surface area contributed by atoms with Gasteiger partial charge >= 0.3 is 12.0 Å². The van der Waals surface area contributed by atoms with E-state index < -0.39 is 22.0 Å². The molecule has 1 aromatic heterocycles. The number of anilines is 1. The van der Waals surface area contributed by atoms with E-state index in [1.54, 1.807) is 0 Å². The molecule has 1 heterocycles. The van der Waals surface area contributed by atoms with Gasteiger partial charge in [0.05, 0.1) is 29.8 Å². The van der Waals surface area contributed by atoms with Gasteiger partial charge in [0.2, 0.25) is 10.0 Å². The number of nitrogens with two attached hydrogens (primary N) is 1. The van der Waals surface area contributed by atoms with Gasteiger partial charge in [-0.1, -0.05) is 0 Å². The van der Waals surface area contributed by atoms with Gasteiger partial charge in [-0.2, -0.15) is 0 Å². The predicted octanol–water partition coefficient (Wildman–Crippen LogP) is -0.881. The molecule has 5 N–H and O–H groups in total. The highest BCUT2D eigenvalue weighted by molar-refractivity contribution is 7.89. The molecule has 0 saturated heterocycles. The average Bonchev–Trinajstić information content (AvgIpc) is 2.29.